The molecule has 8 heteroatoms. The molecule has 2 heterocycles. The van der Waals surface area contributed by atoms with Crippen molar-refractivity contribution in [2.75, 3.05) is 6.61 Å². The number of aliphatic imine (C=N–C) groups is 1. The van der Waals surface area contributed by atoms with E-state index < -0.39 is 0 Å². The molecule has 1 aromatic carbocycles. The van der Waals surface area contributed by atoms with Crippen molar-refractivity contribution in [3.8, 4) is 5.69 Å². The van der Waals surface area contributed by atoms with Gasteiger partial charge >= 0.3 is 5.97 Å². The molecule has 0 radical (unpaired) electrons. The first-order valence-corrected chi connectivity index (χ1v) is 10.7. The zero-order chi connectivity index (χ0) is 21.3. The zero-order valence-corrected chi connectivity index (χ0v) is 17.6. The van der Waals surface area contributed by atoms with Gasteiger partial charge in [-0.2, -0.15) is 0 Å². The molecule has 6 nitrogen and oxygen atoms in total. The molecule has 1 aliphatic carbocycles. The third kappa shape index (κ3) is 3.75. The van der Waals surface area contributed by atoms with Crippen molar-refractivity contribution in [1.29, 1.82) is 0 Å². The first kappa shape index (κ1) is 20.3. The smallest absolute Gasteiger partial charge is 0.341 e. The summed E-state index contributed by atoms with van der Waals surface area (Å²) in [7, 11) is 0. The zero-order valence-electron chi connectivity index (χ0n) is 16.8. The predicted octanol–water partition coefficient (Wildman–Crippen LogP) is 4.48. The van der Waals surface area contributed by atoms with Gasteiger partial charge < -0.3 is 4.74 Å². The Morgan fingerprint density at radius 1 is 1.30 bits per heavy atom. The maximum atomic E-state index is 13.2. The number of ether oxygens (including phenoxy) is 1. The van der Waals surface area contributed by atoms with Crippen LogP contribution in [-0.4, -0.2) is 28.6 Å². The number of aryl methyl sites for hydroxylation is 2. The molecule has 1 aliphatic rings. The van der Waals surface area contributed by atoms with Crippen LogP contribution in [-0.2, 0) is 17.6 Å². The highest BCUT2D eigenvalue weighted by Gasteiger charge is 2.26. The Balaban J connectivity index is 1.73. The second kappa shape index (κ2) is 8.39. The van der Waals surface area contributed by atoms with E-state index in [1.807, 2.05) is 0 Å². The number of hydrogen-bond acceptors (Lipinski definition) is 5. The van der Waals surface area contributed by atoms with E-state index in [9.17, 15) is 14.0 Å². The Labute approximate surface area is 177 Å². The molecule has 0 fully saturated rings. The third-order valence-electron chi connectivity index (χ3n) is 5.15. The molecule has 0 bridgehead atoms. The number of carbonyl (C=O) groups is 1. The minimum absolute atomic E-state index is 0.290. The molecule has 1 N–H and O–H groups in total. The fraction of sp³-hybridized carbons (Fsp3) is 0.318. The van der Waals surface area contributed by atoms with Crippen LogP contribution in [0.25, 0.3) is 5.69 Å². The van der Waals surface area contributed by atoms with Crippen molar-refractivity contribution in [2.45, 2.75) is 39.5 Å². The Morgan fingerprint density at radius 2 is 2.03 bits per heavy atom. The molecule has 3 aromatic rings. The second-order valence-corrected chi connectivity index (χ2v) is 8.22. The van der Waals surface area contributed by atoms with E-state index >= 15 is 0 Å². The van der Waals surface area contributed by atoms with Gasteiger partial charge in [0.15, 0.2) is 0 Å². The van der Waals surface area contributed by atoms with Crippen molar-refractivity contribution in [2.24, 2.45) is 4.99 Å². The fourth-order valence-electron chi connectivity index (χ4n) is 3.66. The summed E-state index contributed by atoms with van der Waals surface area (Å²) in [5.74, 6) is -0.733. The monoisotopic (exact) mass is 427 g/mol. The predicted molar refractivity (Wildman–Crippen MR) is 115 cm³/mol. The molecule has 2 aromatic heterocycles. The average molecular weight is 428 g/mol. The van der Waals surface area contributed by atoms with Gasteiger partial charge in [-0.15, -0.1) is 11.3 Å². The standard InChI is InChI=1S/C22H22FN3O3S/c1-3-29-22(28)19-16-6-4-5-7-18(16)30-20(19)24-12-17-13(2)25-26(21(17)27)15-10-8-14(23)9-11-15/h8-12,25H,3-7H2,1-2H3/b24-12+. The van der Waals surface area contributed by atoms with Crippen LogP contribution in [0.15, 0.2) is 34.1 Å². The number of H-pyrrole nitrogens is 1. The van der Waals surface area contributed by atoms with Gasteiger partial charge in [-0.1, -0.05) is 0 Å². The Kier molecular flexibility index (Phi) is 5.67. The van der Waals surface area contributed by atoms with Gasteiger partial charge in [-0.3, -0.25) is 9.89 Å². The number of nitrogens with zero attached hydrogens (tertiary/aromatic N) is 2. The van der Waals surface area contributed by atoms with E-state index in [2.05, 4.69) is 10.1 Å². The Hall–Kier alpha value is -3.00. The molecule has 4 rings (SSSR count). The number of hydrogen-bond donors (Lipinski definition) is 1. The molecule has 0 saturated heterocycles. The highest BCUT2D eigenvalue weighted by molar-refractivity contribution is 7.16. The largest absolute Gasteiger partial charge is 0.462 e. The summed E-state index contributed by atoms with van der Waals surface area (Å²) in [6.07, 6.45) is 5.41. The van der Waals surface area contributed by atoms with Gasteiger partial charge in [-0.05, 0) is 69.4 Å². The first-order chi connectivity index (χ1) is 14.5. The lowest BCUT2D eigenvalue weighted by Crippen LogP contribution is -2.17. The molecule has 0 amide bonds. The molecule has 0 atom stereocenters. The lowest BCUT2D eigenvalue weighted by molar-refractivity contribution is 0.0526. The second-order valence-electron chi connectivity index (χ2n) is 7.14. The number of nitrogens with one attached hydrogen (secondary N) is 1. The lowest BCUT2D eigenvalue weighted by atomic mass is 9.95. The topological polar surface area (TPSA) is 76.4 Å². The maximum Gasteiger partial charge on any atom is 0.341 e. The van der Waals surface area contributed by atoms with Crippen molar-refractivity contribution < 1.29 is 13.9 Å². The summed E-state index contributed by atoms with van der Waals surface area (Å²) < 4.78 is 19.8. The van der Waals surface area contributed by atoms with E-state index in [0.29, 0.717) is 34.1 Å². The molecule has 0 aliphatic heterocycles. The summed E-state index contributed by atoms with van der Waals surface area (Å²) >= 11 is 1.49. The van der Waals surface area contributed by atoms with Gasteiger partial charge in [0.25, 0.3) is 5.56 Å². The molecule has 0 spiro atoms. The van der Waals surface area contributed by atoms with E-state index in [0.717, 1.165) is 31.2 Å². The van der Waals surface area contributed by atoms with Crippen LogP contribution in [0.3, 0.4) is 0 Å². The van der Waals surface area contributed by atoms with Crippen molar-refractivity contribution in [3.05, 3.63) is 67.7 Å². The number of rotatable bonds is 5. The summed E-state index contributed by atoms with van der Waals surface area (Å²) in [6, 6.07) is 5.65. The highest BCUT2D eigenvalue weighted by Crippen LogP contribution is 2.40. The number of fused-ring (bicyclic) bond motifs is 1. The quantitative estimate of drug-likeness (QED) is 0.482. The summed E-state index contributed by atoms with van der Waals surface area (Å²) in [6.45, 7) is 3.85. The molecule has 156 valence electrons. The van der Waals surface area contributed by atoms with E-state index in [4.69, 9.17) is 4.74 Å². The lowest BCUT2D eigenvalue weighted by Gasteiger charge is -2.11. The SMILES string of the molecule is CCOC(=O)c1c(/N=C/c2c(C)[nH]n(-c3ccc(F)cc3)c2=O)sc2c1CCCC2. The number of carbonyl (C=O) groups excluding carboxylic acids is 1. The minimum atomic E-state index is -0.370. The summed E-state index contributed by atoms with van der Waals surface area (Å²) in [4.78, 5) is 31.1. The van der Waals surface area contributed by atoms with Crippen molar-refractivity contribution >= 4 is 28.5 Å². The number of aromatic nitrogens is 2. The van der Waals surface area contributed by atoms with E-state index in [-0.39, 0.29) is 17.3 Å². The van der Waals surface area contributed by atoms with Gasteiger partial charge in [0, 0.05) is 16.8 Å². The molecule has 30 heavy (non-hydrogen) atoms. The van der Waals surface area contributed by atoms with E-state index in [1.165, 1.54) is 51.4 Å². The molecule has 0 unspecified atom stereocenters. The average Bonchev–Trinajstić information content (AvgIpc) is 3.24. The molecule has 0 saturated carbocycles. The number of thiophene rings is 1. The maximum absolute atomic E-state index is 13.2. The highest BCUT2D eigenvalue weighted by atomic mass is 32.1. The van der Waals surface area contributed by atoms with E-state index in [1.54, 1.807) is 13.8 Å². The Morgan fingerprint density at radius 3 is 2.77 bits per heavy atom. The fourth-order valence-corrected chi connectivity index (χ4v) is 4.88. The van der Waals surface area contributed by atoms with Crippen molar-refractivity contribution in [1.82, 2.24) is 9.78 Å². The third-order valence-corrected chi connectivity index (χ3v) is 6.34. The molecular weight excluding hydrogens is 405 g/mol. The number of esters is 1. The van der Waals surface area contributed by atoms with Crippen LogP contribution in [0.1, 0.15) is 51.8 Å². The van der Waals surface area contributed by atoms with Crippen LogP contribution in [0, 0.1) is 12.7 Å². The number of aromatic amines is 1. The molecular formula is C22H22FN3O3S. The van der Waals surface area contributed by atoms with Gasteiger partial charge in [0.05, 0.1) is 23.4 Å². The Bertz CT molecular complexity index is 1170. The van der Waals surface area contributed by atoms with Gasteiger partial charge in [-0.25, -0.2) is 18.9 Å². The van der Waals surface area contributed by atoms with Crippen LogP contribution in [0.4, 0.5) is 9.39 Å². The normalized spacial score (nSPS) is 13.6. The van der Waals surface area contributed by atoms with Gasteiger partial charge in [0.1, 0.15) is 10.8 Å². The van der Waals surface area contributed by atoms with Crippen LogP contribution >= 0.6 is 11.3 Å². The first-order valence-electron chi connectivity index (χ1n) is 9.93. The van der Waals surface area contributed by atoms with Gasteiger partial charge in [0.2, 0.25) is 0 Å². The minimum Gasteiger partial charge on any atom is -0.462 e. The number of halogens is 1. The van der Waals surface area contributed by atoms with Crippen LogP contribution < -0.4 is 5.56 Å². The summed E-state index contributed by atoms with van der Waals surface area (Å²) in [5.41, 5.74) is 2.82. The van der Waals surface area contributed by atoms with Crippen LogP contribution in [0.5, 0.6) is 0 Å². The van der Waals surface area contributed by atoms with Crippen molar-refractivity contribution in [3.63, 3.8) is 0 Å². The summed E-state index contributed by atoms with van der Waals surface area (Å²) in [5, 5.41) is 3.57. The number of benzene rings is 1. The van der Waals surface area contributed by atoms with Crippen LogP contribution in [0.2, 0.25) is 0 Å².